The maximum Gasteiger partial charge on any atom is 0.253 e. The Bertz CT molecular complexity index is 850. The Morgan fingerprint density at radius 3 is 2.23 bits per heavy atom. The van der Waals surface area contributed by atoms with Crippen molar-refractivity contribution in [1.82, 2.24) is 9.80 Å². The van der Waals surface area contributed by atoms with Gasteiger partial charge in [0.1, 0.15) is 18.1 Å². The molecule has 5 heteroatoms. The van der Waals surface area contributed by atoms with E-state index in [1.807, 2.05) is 59.5 Å². The molecule has 0 aromatic heterocycles. The topological polar surface area (TPSA) is 42.0 Å². The van der Waals surface area contributed by atoms with Crippen molar-refractivity contribution in [1.29, 1.82) is 0 Å². The smallest absolute Gasteiger partial charge is 0.253 e. The fraction of sp³-hybridized carbons (Fsp3) is 0.500. The Labute approximate surface area is 184 Å². The quantitative estimate of drug-likeness (QED) is 0.677. The lowest BCUT2D eigenvalue weighted by atomic mass is 10.0. The molecule has 0 radical (unpaired) electrons. The summed E-state index contributed by atoms with van der Waals surface area (Å²) in [5, 5.41) is 0. The summed E-state index contributed by atoms with van der Waals surface area (Å²) >= 11 is 0. The van der Waals surface area contributed by atoms with Crippen LogP contribution in [0.15, 0.2) is 54.6 Å². The number of carbonyl (C=O) groups excluding carboxylic acids is 1. The SMILES string of the molecule is O=C(c1ccc(OCCN2CCCC2)cc1)N1C[C@H]2CC(Oc3ccccc3)C[C@H]2C1. The Kier molecular flexibility index (Phi) is 6.12. The Hall–Kier alpha value is -2.53. The zero-order valence-electron chi connectivity index (χ0n) is 18.1. The van der Waals surface area contributed by atoms with Gasteiger partial charge in [-0.3, -0.25) is 9.69 Å². The van der Waals surface area contributed by atoms with E-state index in [0.717, 1.165) is 49.5 Å². The summed E-state index contributed by atoms with van der Waals surface area (Å²) in [6.07, 6.45) is 4.94. The van der Waals surface area contributed by atoms with E-state index in [2.05, 4.69) is 4.90 Å². The average Bonchev–Trinajstić information content (AvgIpc) is 3.52. The summed E-state index contributed by atoms with van der Waals surface area (Å²) in [7, 11) is 0. The lowest BCUT2D eigenvalue weighted by Gasteiger charge is -2.20. The van der Waals surface area contributed by atoms with Gasteiger partial charge in [0.15, 0.2) is 0 Å². The first-order valence-corrected chi connectivity index (χ1v) is 11.7. The molecule has 1 saturated carbocycles. The molecule has 3 aliphatic rings. The van der Waals surface area contributed by atoms with Crippen LogP contribution in [0.3, 0.4) is 0 Å². The molecular formula is C26H32N2O3. The van der Waals surface area contributed by atoms with Gasteiger partial charge in [-0.1, -0.05) is 18.2 Å². The van der Waals surface area contributed by atoms with Crippen molar-refractivity contribution in [3.05, 3.63) is 60.2 Å². The number of amides is 1. The molecule has 5 nitrogen and oxygen atoms in total. The van der Waals surface area contributed by atoms with Crippen LogP contribution in [0, 0.1) is 11.8 Å². The third-order valence-corrected chi connectivity index (χ3v) is 7.02. The summed E-state index contributed by atoms with van der Waals surface area (Å²) in [4.78, 5) is 17.5. The normalized spacial score (nSPS) is 25.5. The molecule has 0 spiro atoms. The maximum absolute atomic E-state index is 13.0. The second kappa shape index (κ2) is 9.31. The molecule has 3 atom stereocenters. The van der Waals surface area contributed by atoms with Gasteiger partial charge < -0.3 is 14.4 Å². The van der Waals surface area contributed by atoms with Crippen LogP contribution in [-0.4, -0.2) is 61.1 Å². The third-order valence-electron chi connectivity index (χ3n) is 7.02. The third kappa shape index (κ3) is 4.87. The van der Waals surface area contributed by atoms with Gasteiger partial charge in [-0.2, -0.15) is 0 Å². The minimum absolute atomic E-state index is 0.138. The first kappa shape index (κ1) is 20.4. The van der Waals surface area contributed by atoms with E-state index >= 15 is 0 Å². The van der Waals surface area contributed by atoms with Gasteiger partial charge >= 0.3 is 0 Å². The largest absolute Gasteiger partial charge is 0.492 e. The summed E-state index contributed by atoms with van der Waals surface area (Å²) in [6.45, 7) is 5.74. The molecule has 2 saturated heterocycles. The molecule has 2 heterocycles. The van der Waals surface area contributed by atoms with E-state index in [4.69, 9.17) is 9.47 Å². The molecule has 3 fully saturated rings. The highest BCUT2D eigenvalue weighted by Gasteiger charge is 2.43. The lowest BCUT2D eigenvalue weighted by molar-refractivity contribution is 0.0769. The molecule has 31 heavy (non-hydrogen) atoms. The number of hydrogen-bond donors (Lipinski definition) is 0. The van der Waals surface area contributed by atoms with Crippen LogP contribution in [-0.2, 0) is 0 Å². The number of rotatable bonds is 7. The second-order valence-electron chi connectivity index (χ2n) is 9.18. The molecule has 0 bridgehead atoms. The highest BCUT2D eigenvalue weighted by Crippen LogP contribution is 2.40. The highest BCUT2D eigenvalue weighted by molar-refractivity contribution is 5.94. The van der Waals surface area contributed by atoms with E-state index in [9.17, 15) is 4.79 Å². The molecule has 0 N–H and O–H groups in total. The van der Waals surface area contributed by atoms with Crippen LogP contribution in [0.1, 0.15) is 36.0 Å². The highest BCUT2D eigenvalue weighted by atomic mass is 16.5. The summed E-state index contributed by atoms with van der Waals surface area (Å²) < 4.78 is 12.0. The molecule has 1 amide bonds. The zero-order chi connectivity index (χ0) is 21.0. The second-order valence-corrected chi connectivity index (χ2v) is 9.18. The van der Waals surface area contributed by atoms with Crippen molar-refractivity contribution in [3.8, 4) is 11.5 Å². The first-order chi connectivity index (χ1) is 15.2. The molecule has 2 aliphatic heterocycles. The number of carbonyl (C=O) groups is 1. The van der Waals surface area contributed by atoms with Crippen LogP contribution >= 0.6 is 0 Å². The van der Waals surface area contributed by atoms with Crippen molar-refractivity contribution >= 4 is 5.91 Å². The Morgan fingerprint density at radius 2 is 1.55 bits per heavy atom. The summed E-state index contributed by atoms with van der Waals surface area (Å²) in [6, 6.07) is 17.7. The van der Waals surface area contributed by atoms with Gasteiger partial charge in [-0.15, -0.1) is 0 Å². The van der Waals surface area contributed by atoms with Crippen LogP contribution < -0.4 is 9.47 Å². The minimum Gasteiger partial charge on any atom is -0.492 e. The monoisotopic (exact) mass is 420 g/mol. The number of fused-ring (bicyclic) bond motifs is 1. The van der Waals surface area contributed by atoms with E-state index in [1.165, 1.54) is 25.9 Å². The van der Waals surface area contributed by atoms with Gasteiger partial charge in [-0.05, 0) is 87.0 Å². The minimum atomic E-state index is 0.138. The number of hydrogen-bond acceptors (Lipinski definition) is 4. The average molecular weight is 421 g/mol. The fourth-order valence-electron chi connectivity index (χ4n) is 5.37. The predicted octanol–water partition coefficient (Wildman–Crippen LogP) is 4.09. The molecular weight excluding hydrogens is 388 g/mol. The van der Waals surface area contributed by atoms with Gasteiger partial charge in [0.25, 0.3) is 5.91 Å². The molecule has 2 aromatic carbocycles. The molecule has 1 aliphatic carbocycles. The Balaban J connectivity index is 1.09. The standard InChI is InChI=1S/C26H32N2O3/c29-26(20-8-10-23(11-9-20)30-15-14-27-12-4-5-13-27)28-18-21-16-25(17-22(21)19-28)31-24-6-2-1-3-7-24/h1-3,6-11,21-22,25H,4-5,12-19H2/t21-,22+,25?. The molecule has 5 rings (SSSR count). The summed E-state index contributed by atoms with van der Waals surface area (Å²) in [5.74, 6) is 3.02. The van der Waals surface area contributed by atoms with E-state index in [1.54, 1.807) is 0 Å². The molecule has 1 unspecified atom stereocenters. The van der Waals surface area contributed by atoms with Gasteiger partial charge in [0.2, 0.25) is 0 Å². The number of nitrogens with zero attached hydrogens (tertiary/aromatic N) is 2. The van der Waals surface area contributed by atoms with Crippen molar-refractivity contribution < 1.29 is 14.3 Å². The summed E-state index contributed by atoms with van der Waals surface area (Å²) in [5.41, 5.74) is 0.754. The number of benzene rings is 2. The fourth-order valence-corrected chi connectivity index (χ4v) is 5.37. The van der Waals surface area contributed by atoms with Crippen LogP contribution in [0.2, 0.25) is 0 Å². The van der Waals surface area contributed by atoms with Crippen molar-refractivity contribution in [2.45, 2.75) is 31.8 Å². The number of ether oxygens (including phenoxy) is 2. The van der Waals surface area contributed by atoms with Crippen molar-refractivity contribution in [3.63, 3.8) is 0 Å². The van der Waals surface area contributed by atoms with Crippen LogP contribution in [0.4, 0.5) is 0 Å². The van der Waals surface area contributed by atoms with Crippen LogP contribution in [0.25, 0.3) is 0 Å². The van der Waals surface area contributed by atoms with E-state index < -0.39 is 0 Å². The van der Waals surface area contributed by atoms with E-state index in [0.29, 0.717) is 18.4 Å². The zero-order valence-corrected chi connectivity index (χ0v) is 18.1. The van der Waals surface area contributed by atoms with Crippen LogP contribution in [0.5, 0.6) is 11.5 Å². The van der Waals surface area contributed by atoms with Gasteiger partial charge in [0.05, 0.1) is 6.10 Å². The maximum atomic E-state index is 13.0. The lowest BCUT2D eigenvalue weighted by Crippen LogP contribution is -2.30. The number of para-hydroxylation sites is 1. The Morgan fingerprint density at radius 1 is 0.871 bits per heavy atom. The number of likely N-dealkylation sites (tertiary alicyclic amines) is 2. The molecule has 2 aromatic rings. The van der Waals surface area contributed by atoms with E-state index in [-0.39, 0.29) is 12.0 Å². The van der Waals surface area contributed by atoms with Gasteiger partial charge in [0, 0.05) is 25.2 Å². The van der Waals surface area contributed by atoms with Crippen molar-refractivity contribution in [2.75, 3.05) is 39.3 Å². The molecule has 164 valence electrons. The van der Waals surface area contributed by atoms with Crippen molar-refractivity contribution in [2.24, 2.45) is 11.8 Å². The predicted molar refractivity (Wildman–Crippen MR) is 121 cm³/mol. The first-order valence-electron chi connectivity index (χ1n) is 11.7. The van der Waals surface area contributed by atoms with Gasteiger partial charge in [-0.25, -0.2) is 0 Å².